The van der Waals surface area contributed by atoms with Crippen LogP contribution in [0.25, 0.3) is 0 Å². The van der Waals surface area contributed by atoms with Gasteiger partial charge in [0.1, 0.15) is 0 Å². The summed E-state index contributed by atoms with van der Waals surface area (Å²) < 4.78 is 55.9. The highest BCUT2D eigenvalue weighted by molar-refractivity contribution is 5.88. The van der Waals surface area contributed by atoms with E-state index < -0.39 is 40.7 Å². The number of hydrogen-bond acceptors (Lipinski definition) is 3. The normalized spacial score (nSPS) is 10.2. The van der Waals surface area contributed by atoms with Crippen molar-refractivity contribution in [1.82, 2.24) is 0 Å². The Balaban J connectivity index is 3.35. The van der Waals surface area contributed by atoms with Gasteiger partial charge in [0.2, 0.25) is 29.0 Å². The van der Waals surface area contributed by atoms with Gasteiger partial charge in [0, 0.05) is 5.57 Å². The Hall–Kier alpha value is -2.05. The Kier molecular flexibility index (Phi) is 3.40. The third-order valence-corrected chi connectivity index (χ3v) is 1.74. The molecule has 0 amide bonds. The monoisotopic (exact) mass is 250 g/mol. The second-order valence-corrected chi connectivity index (χ2v) is 3.10. The molecule has 0 aromatic heterocycles. The molecule has 92 valence electrons. The predicted octanol–water partition coefficient (Wildman–Crippen LogP) is 2.43. The van der Waals surface area contributed by atoms with Crippen LogP contribution in [0, 0.1) is 23.3 Å². The van der Waals surface area contributed by atoms with Gasteiger partial charge in [0.05, 0.1) is 0 Å². The zero-order valence-corrected chi connectivity index (χ0v) is 8.48. The number of carbonyl (C=O) groups is 1. The summed E-state index contributed by atoms with van der Waals surface area (Å²) in [6.45, 7) is 4.29. The van der Waals surface area contributed by atoms with Crippen LogP contribution in [0.5, 0.6) is 11.5 Å². The molecule has 0 fully saturated rings. The minimum atomic E-state index is -2.05. The summed E-state index contributed by atoms with van der Waals surface area (Å²) in [6, 6.07) is 0. The van der Waals surface area contributed by atoms with E-state index in [-0.39, 0.29) is 5.57 Å². The van der Waals surface area contributed by atoms with Crippen LogP contribution < -0.4 is 4.74 Å². The van der Waals surface area contributed by atoms with E-state index in [0.717, 1.165) is 0 Å². The maximum absolute atomic E-state index is 13.1. The fourth-order valence-electron chi connectivity index (χ4n) is 0.869. The average molecular weight is 250 g/mol. The minimum Gasteiger partial charge on any atom is -0.503 e. The zero-order chi connectivity index (χ0) is 13.3. The molecule has 0 spiro atoms. The van der Waals surface area contributed by atoms with E-state index in [0.29, 0.717) is 0 Å². The van der Waals surface area contributed by atoms with Crippen molar-refractivity contribution in [3.05, 3.63) is 35.4 Å². The Morgan fingerprint density at radius 1 is 1.12 bits per heavy atom. The average Bonchev–Trinajstić information content (AvgIpc) is 2.29. The number of esters is 1. The molecule has 0 aliphatic carbocycles. The summed E-state index contributed by atoms with van der Waals surface area (Å²) >= 11 is 0. The van der Waals surface area contributed by atoms with Gasteiger partial charge < -0.3 is 9.84 Å². The van der Waals surface area contributed by atoms with Crippen LogP contribution in [0.4, 0.5) is 17.6 Å². The van der Waals surface area contributed by atoms with E-state index in [1.54, 1.807) is 0 Å². The molecule has 0 saturated carbocycles. The summed E-state index contributed by atoms with van der Waals surface area (Å²) in [5.41, 5.74) is -0.224. The van der Waals surface area contributed by atoms with E-state index in [4.69, 9.17) is 5.11 Å². The molecular weight excluding hydrogens is 244 g/mol. The minimum absolute atomic E-state index is 0.224. The van der Waals surface area contributed by atoms with E-state index in [1.807, 2.05) is 0 Å². The maximum atomic E-state index is 13.1. The first-order valence-electron chi connectivity index (χ1n) is 4.20. The largest absolute Gasteiger partial charge is 0.503 e. The molecule has 0 aliphatic rings. The van der Waals surface area contributed by atoms with Gasteiger partial charge in [-0.25, -0.2) is 4.79 Å². The molecule has 1 aromatic carbocycles. The van der Waals surface area contributed by atoms with Gasteiger partial charge in [-0.15, -0.1) is 0 Å². The smallest absolute Gasteiger partial charge is 0.338 e. The van der Waals surface area contributed by atoms with Crippen molar-refractivity contribution in [2.45, 2.75) is 6.92 Å². The fourth-order valence-corrected chi connectivity index (χ4v) is 0.869. The molecule has 0 bridgehead atoms. The van der Waals surface area contributed by atoms with Crippen molar-refractivity contribution in [2.75, 3.05) is 0 Å². The molecule has 0 saturated heterocycles. The highest BCUT2D eigenvalue weighted by atomic mass is 19.2. The SMILES string of the molecule is C=C(C)C(=O)Oc1c(F)c(F)c(O)c(F)c1F. The lowest BCUT2D eigenvalue weighted by molar-refractivity contribution is -0.130. The summed E-state index contributed by atoms with van der Waals surface area (Å²) in [5, 5.41) is 8.65. The first-order valence-corrected chi connectivity index (χ1v) is 4.20. The molecule has 3 nitrogen and oxygen atoms in total. The van der Waals surface area contributed by atoms with Crippen LogP contribution >= 0.6 is 0 Å². The molecule has 0 radical (unpaired) electrons. The van der Waals surface area contributed by atoms with Crippen molar-refractivity contribution in [3.8, 4) is 11.5 Å². The molecule has 0 atom stereocenters. The second kappa shape index (κ2) is 4.44. The van der Waals surface area contributed by atoms with Crippen molar-refractivity contribution >= 4 is 5.97 Å². The molecular formula is C10H6F4O3. The Labute approximate surface area is 92.9 Å². The molecule has 0 heterocycles. The molecule has 7 heteroatoms. The third kappa shape index (κ3) is 2.22. The van der Waals surface area contributed by atoms with E-state index in [9.17, 15) is 22.4 Å². The summed E-state index contributed by atoms with van der Waals surface area (Å²) in [5.74, 6) is -12.7. The number of phenolic OH excluding ortho intramolecular Hbond substituents is 1. The highest BCUT2D eigenvalue weighted by Gasteiger charge is 2.28. The Bertz CT molecular complexity index is 482. The molecule has 1 N–H and O–H groups in total. The fraction of sp³-hybridized carbons (Fsp3) is 0.100. The number of carbonyl (C=O) groups excluding carboxylic acids is 1. The van der Waals surface area contributed by atoms with Gasteiger partial charge in [0.25, 0.3) is 0 Å². The van der Waals surface area contributed by atoms with Crippen molar-refractivity contribution in [1.29, 1.82) is 0 Å². The molecule has 0 unspecified atom stereocenters. The lowest BCUT2D eigenvalue weighted by atomic mass is 10.2. The molecule has 1 rings (SSSR count). The quantitative estimate of drug-likeness (QED) is 0.288. The highest BCUT2D eigenvalue weighted by Crippen LogP contribution is 2.33. The first kappa shape index (κ1) is 13.0. The van der Waals surface area contributed by atoms with Crippen LogP contribution in [-0.4, -0.2) is 11.1 Å². The molecule has 17 heavy (non-hydrogen) atoms. The third-order valence-electron chi connectivity index (χ3n) is 1.74. The second-order valence-electron chi connectivity index (χ2n) is 3.10. The van der Waals surface area contributed by atoms with Crippen LogP contribution in [-0.2, 0) is 4.79 Å². The number of ether oxygens (including phenoxy) is 1. The van der Waals surface area contributed by atoms with E-state index >= 15 is 0 Å². The van der Waals surface area contributed by atoms with Crippen molar-refractivity contribution < 1.29 is 32.2 Å². The molecule has 0 aliphatic heterocycles. The maximum Gasteiger partial charge on any atom is 0.338 e. The molecule has 1 aromatic rings. The first-order chi connectivity index (χ1) is 7.77. The van der Waals surface area contributed by atoms with Gasteiger partial charge >= 0.3 is 5.97 Å². The van der Waals surface area contributed by atoms with Crippen LogP contribution in [0.1, 0.15) is 6.92 Å². The lowest BCUT2D eigenvalue weighted by Gasteiger charge is -2.08. The van der Waals surface area contributed by atoms with Gasteiger partial charge in [0.15, 0.2) is 5.75 Å². The summed E-state index contributed by atoms with van der Waals surface area (Å²) in [6.07, 6.45) is 0. The number of hydrogen-bond donors (Lipinski definition) is 1. The Morgan fingerprint density at radius 3 is 1.88 bits per heavy atom. The van der Waals surface area contributed by atoms with E-state index in [2.05, 4.69) is 11.3 Å². The predicted molar refractivity (Wildman–Crippen MR) is 48.4 cm³/mol. The Morgan fingerprint density at radius 2 is 1.53 bits per heavy atom. The van der Waals surface area contributed by atoms with Crippen molar-refractivity contribution in [3.63, 3.8) is 0 Å². The van der Waals surface area contributed by atoms with Crippen molar-refractivity contribution in [2.24, 2.45) is 0 Å². The number of rotatable bonds is 2. The number of halogens is 4. The van der Waals surface area contributed by atoms with E-state index in [1.165, 1.54) is 6.92 Å². The zero-order valence-electron chi connectivity index (χ0n) is 8.48. The topological polar surface area (TPSA) is 46.5 Å². The van der Waals surface area contributed by atoms with Gasteiger partial charge in [-0.3, -0.25) is 0 Å². The number of benzene rings is 1. The summed E-state index contributed by atoms with van der Waals surface area (Å²) in [7, 11) is 0. The van der Waals surface area contributed by atoms with Gasteiger partial charge in [-0.2, -0.15) is 17.6 Å². The lowest BCUT2D eigenvalue weighted by Crippen LogP contribution is -2.12. The van der Waals surface area contributed by atoms with Crippen LogP contribution in [0.15, 0.2) is 12.2 Å². The van der Waals surface area contributed by atoms with Gasteiger partial charge in [-0.05, 0) is 6.92 Å². The van der Waals surface area contributed by atoms with Gasteiger partial charge in [-0.1, -0.05) is 6.58 Å². The number of phenols is 1. The number of aromatic hydroxyl groups is 1. The summed E-state index contributed by atoms with van der Waals surface area (Å²) in [4.78, 5) is 11.0. The standard InChI is InChI=1S/C10H6F4O3/c1-3(2)10(16)17-9-6(13)4(11)8(15)5(12)7(9)14/h15H,1H2,2H3. The van der Waals surface area contributed by atoms with Crippen LogP contribution in [0.2, 0.25) is 0 Å². The van der Waals surface area contributed by atoms with Crippen LogP contribution in [0.3, 0.4) is 0 Å².